The van der Waals surface area contributed by atoms with Gasteiger partial charge in [-0.05, 0) is 24.9 Å². The average Bonchev–Trinajstić information content (AvgIpc) is 2.34. The summed E-state index contributed by atoms with van der Waals surface area (Å²) < 4.78 is 39.1. The van der Waals surface area contributed by atoms with E-state index in [9.17, 15) is 18.0 Å². The zero-order valence-corrected chi connectivity index (χ0v) is 12.0. The number of alkyl halides is 3. The van der Waals surface area contributed by atoms with Crippen molar-refractivity contribution in [1.82, 2.24) is 9.88 Å². The Morgan fingerprint density at radius 3 is 2.45 bits per heavy atom. The fourth-order valence-electron chi connectivity index (χ4n) is 1.89. The zero-order chi connectivity index (χ0) is 15.3. The van der Waals surface area contributed by atoms with Crippen LogP contribution in [0.4, 0.5) is 13.2 Å². The third-order valence-electron chi connectivity index (χ3n) is 3.17. The van der Waals surface area contributed by atoms with Crippen molar-refractivity contribution >= 4 is 0 Å². The molecule has 0 aliphatic rings. The fourth-order valence-corrected chi connectivity index (χ4v) is 1.89. The van der Waals surface area contributed by atoms with Crippen LogP contribution in [0.5, 0.6) is 0 Å². The van der Waals surface area contributed by atoms with Gasteiger partial charge in [0, 0.05) is 24.8 Å². The molecule has 0 amide bonds. The number of halogens is 3. The van der Waals surface area contributed by atoms with E-state index in [0.29, 0.717) is 0 Å². The molecule has 6 heteroatoms. The van der Waals surface area contributed by atoms with Crippen LogP contribution >= 0.6 is 0 Å². The SMILES string of the molecule is CCCNC(Cn1cc(C(F)(F)F)ccc1=O)C(C)C. The minimum absolute atomic E-state index is 0.0314. The molecule has 0 aromatic carbocycles. The van der Waals surface area contributed by atoms with Crippen molar-refractivity contribution in [3.8, 4) is 0 Å². The average molecular weight is 290 g/mol. The van der Waals surface area contributed by atoms with Crippen LogP contribution in [0.1, 0.15) is 32.8 Å². The second-order valence-electron chi connectivity index (χ2n) is 5.21. The lowest BCUT2D eigenvalue weighted by Gasteiger charge is -2.23. The summed E-state index contributed by atoms with van der Waals surface area (Å²) in [6.07, 6.45) is -2.61. The van der Waals surface area contributed by atoms with E-state index in [4.69, 9.17) is 0 Å². The molecule has 114 valence electrons. The number of rotatable bonds is 6. The van der Waals surface area contributed by atoms with E-state index in [-0.39, 0.29) is 18.5 Å². The topological polar surface area (TPSA) is 34.0 Å². The number of hydrogen-bond acceptors (Lipinski definition) is 2. The third-order valence-corrected chi connectivity index (χ3v) is 3.17. The van der Waals surface area contributed by atoms with E-state index in [2.05, 4.69) is 5.32 Å². The summed E-state index contributed by atoms with van der Waals surface area (Å²) >= 11 is 0. The van der Waals surface area contributed by atoms with Crippen LogP contribution in [0.2, 0.25) is 0 Å². The second-order valence-corrected chi connectivity index (χ2v) is 5.21. The van der Waals surface area contributed by atoms with Crippen LogP contribution in [0.25, 0.3) is 0 Å². The highest BCUT2D eigenvalue weighted by molar-refractivity contribution is 5.13. The van der Waals surface area contributed by atoms with Gasteiger partial charge in [0.1, 0.15) is 0 Å². The molecule has 0 radical (unpaired) electrons. The number of pyridine rings is 1. The molecule has 1 aromatic rings. The normalized spacial score (nSPS) is 13.8. The molecule has 1 heterocycles. The first kappa shape index (κ1) is 16.8. The third kappa shape index (κ3) is 4.67. The van der Waals surface area contributed by atoms with Crippen LogP contribution in [0.15, 0.2) is 23.1 Å². The van der Waals surface area contributed by atoms with Crippen molar-refractivity contribution in [1.29, 1.82) is 0 Å². The maximum atomic E-state index is 12.7. The van der Waals surface area contributed by atoms with Crippen LogP contribution in [0, 0.1) is 5.92 Å². The van der Waals surface area contributed by atoms with Crippen molar-refractivity contribution in [2.24, 2.45) is 5.92 Å². The summed E-state index contributed by atoms with van der Waals surface area (Å²) in [4.78, 5) is 11.7. The molecule has 0 saturated carbocycles. The molecular formula is C14H21F3N2O. The Labute approximate surface area is 116 Å². The summed E-state index contributed by atoms with van der Waals surface area (Å²) in [5.74, 6) is 0.225. The second kappa shape index (κ2) is 6.92. The minimum atomic E-state index is -4.43. The van der Waals surface area contributed by atoms with Gasteiger partial charge >= 0.3 is 6.18 Å². The highest BCUT2D eigenvalue weighted by Gasteiger charge is 2.31. The molecule has 0 spiro atoms. The molecular weight excluding hydrogens is 269 g/mol. The fraction of sp³-hybridized carbons (Fsp3) is 0.643. The Hall–Kier alpha value is -1.30. The molecule has 0 saturated heterocycles. The summed E-state index contributed by atoms with van der Waals surface area (Å²) in [6.45, 7) is 6.98. The maximum Gasteiger partial charge on any atom is 0.417 e. The first-order valence-corrected chi connectivity index (χ1v) is 6.76. The Morgan fingerprint density at radius 2 is 1.95 bits per heavy atom. The summed E-state index contributed by atoms with van der Waals surface area (Å²) in [7, 11) is 0. The highest BCUT2D eigenvalue weighted by atomic mass is 19.4. The van der Waals surface area contributed by atoms with Gasteiger partial charge in [-0.2, -0.15) is 13.2 Å². The quantitative estimate of drug-likeness (QED) is 0.874. The van der Waals surface area contributed by atoms with Gasteiger partial charge in [-0.1, -0.05) is 20.8 Å². The van der Waals surface area contributed by atoms with Gasteiger partial charge in [0.15, 0.2) is 0 Å². The minimum Gasteiger partial charge on any atom is -0.313 e. The van der Waals surface area contributed by atoms with Crippen LogP contribution < -0.4 is 10.9 Å². The van der Waals surface area contributed by atoms with Crippen LogP contribution in [0.3, 0.4) is 0 Å². The molecule has 1 unspecified atom stereocenters. The molecule has 0 bridgehead atoms. The standard InChI is InChI=1S/C14H21F3N2O/c1-4-7-18-12(10(2)3)9-19-8-11(14(15,16)17)5-6-13(19)20/h5-6,8,10,12,18H,4,7,9H2,1-3H3. The molecule has 3 nitrogen and oxygen atoms in total. The summed E-state index contributed by atoms with van der Waals surface area (Å²) in [5, 5.41) is 3.26. The number of hydrogen-bond donors (Lipinski definition) is 1. The molecule has 0 aliphatic carbocycles. The van der Waals surface area contributed by atoms with Gasteiger partial charge in [0.05, 0.1) is 5.56 Å². The lowest BCUT2D eigenvalue weighted by Crippen LogP contribution is -2.40. The predicted molar refractivity (Wildman–Crippen MR) is 72.6 cm³/mol. The number of nitrogens with zero attached hydrogens (tertiary/aromatic N) is 1. The molecule has 0 aliphatic heterocycles. The van der Waals surface area contributed by atoms with Crippen molar-refractivity contribution in [2.45, 2.75) is 46.0 Å². The molecule has 1 aromatic heterocycles. The molecule has 20 heavy (non-hydrogen) atoms. The van der Waals surface area contributed by atoms with Gasteiger partial charge in [0.2, 0.25) is 0 Å². The van der Waals surface area contributed by atoms with E-state index in [1.807, 2.05) is 20.8 Å². The monoisotopic (exact) mass is 290 g/mol. The van der Waals surface area contributed by atoms with E-state index >= 15 is 0 Å². The van der Waals surface area contributed by atoms with E-state index in [1.165, 1.54) is 0 Å². The van der Waals surface area contributed by atoms with Gasteiger partial charge in [0.25, 0.3) is 5.56 Å². The predicted octanol–water partition coefficient (Wildman–Crippen LogP) is 2.89. The van der Waals surface area contributed by atoms with E-state index < -0.39 is 17.3 Å². The van der Waals surface area contributed by atoms with Gasteiger partial charge in [-0.25, -0.2) is 0 Å². The first-order valence-electron chi connectivity index (χ1n) is 6.76. The van der Waals surface area contributed by atoms with E-state index in [0.717, 1.165) is 35.9 Å². The maximum absolute atomic E-state index is 12.7. The lowest BCUT2D eigenvalue weighted by atomic mass is 10.0. The molecule has 1 atom stereocenters. The first-order chi connectivity index (χ1) is 9.25. The van der Waals surface area contributed by atoms with Gasteiger partial charge in [-0.3, -0.25) is 4.79 Å². The summed E-state index contributed by atoms with van der Waals surface area (Å²) in [5.41, 5.74) is -1.21. The summed E-state index contributed by atoms with van der Waals surface area (Å²) in [6, 6.07) is 1.76. The van der Waals surface area contributed by atoms with Crippen molar-refractivity contribution < 1.29 is 13.2 Å². The van der Waals surface area contributed by atoms with Crippen molar-refractivity contribution in [3.63, 3.8) is 0 Å². The molecule has 1 N–H and O–H groups in total. The van der Waals surface area contributed by atoms with Crippen molar-refractivity contribution in [2.75, 3.05) is 6.54 Å². The number of nitrogens with one attached hydrogen (secondary N) is 1. The zero-order valence-electron chi connectivity index (χ0n) is 12.0. The highest BCUT2D eigenvalue weighted by Crippen LogP contribution is 2.28. The Balaban J connectivity index is 2.97. The Bertz CT molecular complexity index is 480. The van der Waals surface area contributed by atoms with Crippen LogP contribution in [-0.2, 0) is 12.7 Å². The smallest absolute Gasteiger partial charge is 0.313 e. The molecule has 1 rings (SSSR count). The van der Waals surface area contributed by atoms with Crippen LogP contribution in [-0.4, -0.2) is 17.2 Å². The van der Waals surface area contributed by atoms with Crippen molar-refractivity contribution in [3.05, 3.63) is 34.2 Å². The number of aromatic nitrogens is 1. The Kier molecular flexibility index (Phi) is 5.80. The van der Waals surface area contributed by atoms with E-state index in [1.54, 1.807) is 0 Å². The largest absolute Gasteiger partial charge is 0.417 e. The van der Waals surface area contributed by atoms with Gasteiger partial charge < -0.3 is 9.88 Å². The van der Waals surface area contributed by atoms with Gasteiger partial charge in [-0.15, -0.1) is 0 Å². The Morgan fingerprint density at radius 1 is 1.30 bits per heavy atom. The lowest BCUT2D eigenvalue weighted by molar-refractivity contribution is -0.138. The molecule has 0 fully saturated rings.